The van der Waals surface area contributed by atoms with Crippen LogP contribution in [0, 0.1) is 0 Å². The molecule has 0 atom stereocenters. The highest BCUT2D eigenvalue weighted by Crippen LogP contribution is 2.36. The Labute approximate surface area is 208 Å². The number of fused-ring (bicyclic) bond motifs is 1. The van der Waals surface area contributed by atoms with E-state index in [2.05, 4.69) is 31.7 Å². The van der Waals surface area contributed by atoms with E-state index in [1.54, 1.807) is 12.3 Å². The highest BCUT2D eigenvalue weighted by Gasteiger charge is 2.26. The molecule has 7 nitrogen and oxygen atoms in total. The number of benzene rings is 1. The van der Waals surface area contributed by atoms with Crippen molar-refractivity contribution in [2.75, 3.05) is 26.3 Å². The molecule has 0 saturated carbocycles. The second kappa shape index (κ2) is 10.3. The van der Waals surface area contributed by atoms with Gasteiger partial charge in [0.05, 0.1) is 19.4 Å². The minimum atomic E-state index is -0.272. The fraction of sp³-hybridized carbons (Fsp3) is 0.400. The Morgan fingerprint density at radius 3 is 2.79 bits per heavy atom. The Morgan fingerprint density at radius 1 is 1.15 bits per heavy atom. The first-order valence-electron chi connectivity index (χ1n) is 11.7. The van der Waals surface area contributed by atoms with Crippen molar-refractivity contribution in [1.29, 1.82) is 0 Å². The molecular formula is C25H27Cl2N5O2. The van der Waals surface area contributed by atoms with Gasteiger partial charge in [0.2, 0.25) is 0 Å². The molecule has 1 aromatic heterocycles. The number of aromatic nitrogens is 2. The Bertz CT molecular complexity index is 1180. The number of hydrogen-bond acceptors (Lipinski definition) is 5. The van der Waals surface area contributed by atoms with Crippen molar-refractivity contribution in [3.8, 4) is 0 Å². The number of nitrogens with one attached hydrogen (secondary N) is 2. The maximum Gasteiger partial charge on any atom is 0.292 e. The van der Waals surface area contributed by atoms with Gasteiger partial charge in [-0.3, -0.25) is 9.89 Å². The predicted octanol–water partition coefficient (Wildman–Crippen LogP) is 4.77. The minimum absolute atomic E-state index is 0.272. The standard InChI is InChI=1S/C25H27Cl2N5O2/c26-19-8-7-16(21(27)14-19)13-17-5-6-18(24(17)32-9-11-34-12-10-32)15-28-31-25(33)23-20-3-1-2-4-22(20)29-30-23/h7-8,13-15H,1-6,9-12H2,(H,29,30)(H,31,33)/b17-13-,28-15+. The third-order valence-corrected chi connectivity index (χ3v) is 7.11. The Balaban J connectivity index is 1.39. The molecule has 2 N–H and O–H groups in total. The largest absolute Gasteiger partial charge is 0.378 e. The molecule has 1 aromatic carbocycles. The maximum atomic E-state index is 12.7. The van der Waals surface area contributed by atoms with Crippen LogP contribution in [0.2, 0.25) is 10.0 Å². The highest BCUT2D eigenvalue weighted by atomic mass is 35.5. The first-order chi connectivity index (χ1) is 16.6. The van der Waals surface area contributed by atoms with Crippen molar-refractivity contribution in [1.82, 2.24) is 20.5 Å². The molecule has 0 unspecified atom stereocenters. The van der Waals surface area contributed by atoms with E-state index in [-0.39, 0.29) is 5.91 Å². The molecule has 2 aromatic rings. The van der Waals surface area contributed by atoms with Gasteiger partial charge in [0.25, 0.3) is 5.91 Å². The lowest BCUT2D eigenvalue weighted by Crippen LogP contribution is -2.36. The summed E-state index contributed by atoms with van der Waals surface area (Å²) < 4.78 is 5.56. The number of amides is 1. The number of nitrogens with zero attached hydrogens (tertiary/aromatic N) is 3. The van der Waals surface area contributed by atoms with Gasteiger partial charge in [-0.1, -0.05) is 29.3 Å². The molecular weight excluding hydrogens is 473 g/mol. The zero-order valence-corrected chi connectivity index (χ0v) is 20.4. The monoisotopic (exact) mass is 499 g/mol. The second-order valence-corrected chi connectivity index (χ2v) is 9.59. The molecule has 2 heterocycles. The fourth-order valence-corrected chi connectivity index (χ4v) is 5.33. The van der Waals surface area contributed by atoms with Crippen LogP contribution in [0.3, 0.4) is 0 Å². The first-order valence-corrected chi connectivity index (χ1v) is 12.5. The number of ether oxygens (including phenoxy) is 1. The van der Waals surface area contributed by atoms with E-state index in [0.29, 0.717) is 29.0 Å². The quantitative estimate of drug-likeness (QED) is 0.458. The van der Waals surface area contributed by atoms with Crippen molar-refractivity contribution in [3.63, 3.8) is 0 Å². The van der Waals surface area contributed by atoms with Gasteiger partial charge in [0.1, 0.15) is 0 Å². The first kappa shape index (κ1) is 23.1. The number of H-pyrrole nitrogens is 1. The lowest BCUT2D eigenvalue weighted by Gasteiger charge is -2.31. The summed E-state index contributed by atoms with van der Waals surface area (Å²) >= 11 is 12.5. The third-order valence-electron chi connectivity index (χ3n) is 6.55. The van der Waals surface area contributed by atoms with E-state index in [9.17, 15) is 4.79 Å². The van der Waals surface area contributed by atoms with E-state index in [1.165, 1.54) is 5.57 Å². The van der Waals surface area contributed by atoms with E-state index in [1.807, 2.05) is 12.1 Å². The zero-order valence-electron chi connectivity index (χ0n) is 18.9. The predicted molar refractivity (Wildman–Crippen MR) is 134 cm³/mol. The molecule has 0 radical (unpaired) electrons. The molecule has 178 valence electrons. The molecule has 34 heavy (non-hydrogen) atoms. The summed E-state index contributed by atoms with van der Waals surface area (Å²) in [6.45, 7) is 2.99. The number of morpholine rings is 1. The summed E-state index contributed by atoms with van der Waals surface area (Å²) in [5.41, 5.74) is 9.59. The van der Waals surface area contributed by atoms with Crippen LogP contribution in [0.4, 0.5) is 0 Å². The van der Waals surface area contributed by atoms with Crippen molar-refractivity contribution in [2.45, 2.75) is 38.5 Å². The Morgan fingerprint density at radius 2 is 1.97 bits per heavy atom. The summed E-state index contributed by atoms with van der Waals surface area (Å²) in [6.07, 6.45) is 9.63. The van der Waals surface area contributed by atoms with Gasteiger partial charge in [-0.2, -0.15) is 10.2 Å². The number of halogens is 2. The zero-order chi connectivity index (χ0) is 23.5. The number of hydrogen-bond donors (Lipinski definition) is 2. The van der Waals surface area contributed by atoms with Crippen LogP contribution in [0.5, 0.6) is 0 Å². The van der Waals surface area contributed by atoms with E-state index >= 15 is 0 Å². The number of hydrazone groups is 1. The van der Waals surface area contributed by atoms with Gasteiger partial charge in [0.15, 0.2) is 5.69 Å². The molecule has 2 aliphatic carbocycles. The highest BCUT2D eigenvalue weighted by molar-refractivity contribution is 6.35. The van der Waals surface area contributed by atoms with Crippen molar-refractivity contribution >= 4 is 41.4 Å². The number of aryl methyl sites for hydroxylation is 1. The van der Waals surface area contributed by atoms with Crippen molar-refractivity contribution in [3.05, 3.63) is 67.6 Å². The van der Waals surface area contributed by atoms with Crippen LogP contribution in [-0.4, -0.2) is 53.5 Å². The molecule has 1 fully saturated rings. The summed E-state index contributed by atoms with van der Waals surface area (Å²) in [5, 5.41) is 12.8. The van der Waals surface area contributed by atoms with Crippen LogP contribution in [-0.2, 0) is 17.6 Å². The van der Waals surface area contributed by atoms with E-state index in [0.717, 1.165) is 79.7 Å². The van der Waals surface area contributed by atoms with Gasteiger partial charge >= 0.3 is 0 Å². The molecule has 5 rings (SSSR count). The average Bonchev–Trinajstić information content (AvgIpc) is 3.46. The molecule has 1 aliphatic heterocycles. The fourth-order valence-electron chi connectivity index (χ4n) is 4.87. The Hall–Kier alpha value is -2.61. The lowest BCUT2D eigenvalue weighted by molar-refractivity contribution is 0.0548. The smallest absolute Gasteiger partial charge is 0.292 e. The van der Waals surface area contributed by atoms with Gasteiger partial charge in [0, 0.05) is 40.1 Å². The van der Waals surface area contributed by atoms with E-state index < -0.39 is 0 Å². The molecule has 1 saturated heterocycles. The number of carbonyl (C=O) groups is 1. The Kier molecular flexibility index (Phi) is 7.04. The van der Waals surface area contributed by atoms with Crippen LogP contribution in [0.15, 0.2) is 40.1 Å². The average molecular weight is 500 g/mol. The number of allylic oxidation sites excluding steroid dienone is 2. The molecule has 9 heteroatoms. The molecule has 0 bridgehead atoms. The number of carbonyl (C=O) groups excluding carboxylic acids is 1. The summed E-state index contributed by atoms with van der Waals surface area (Å²) in [5.74, 6) is -0.272. The summed E-state index contributed by atoms with van der Waals surface area (Å²) in [4.78, 5) is 15.1. The normalized spacial score (nSPS) is 19.8. The third kappa shape index (κ3) is 4.92. The molecule has 1 amide bonds. The van der Waals surface area contributed by atoms with Crippen molar-refractivity contribution in [2.24, 2.45) is 5.10 Å². The summed E-state index contributed by atoms with van der Waals surface area (Å²) in [6, 6.07) is 5.54. The van der Waals surface area contributed by atoms with Gasteiger partial charge < -0.3 is 9.64 Å². The maximum absolute atomic E-state index is 12.7. The van der Waals surface area contributed by atoms with E-state index in [4.69, 9.17) is 27.9 Å². The van der Waals surface area contributed by atoms with Crippen LogP contribution in [0.1, 0.15) is 53.0 Å². The van der Waals surface area contributed by atoms with Crippen LogP contribution < -0.4 is 5.43 Å². The van der Waals surface area contributed by atoms with Gasteiger partial charge in [-0.15, -0.1) is 0 Å². The van der Waals surface area contributed by atoms with Crippen molar-refractivity contribution < 1.29 is 9.53 Å². The number of rotatable bonds is 5. The molecule has 0 spiro atoms. The summed E-state index contributed by atoms with van der Waals surface area (Å²) in [7, 11) is 0. The molecule has 3 aliphatic rings. The van der Waals surface area contributed by atoms with Gasteiger partial charge in [-0.05, 0) is 73.4 Å². The lowest BCUT2D eigenvalue weighted by atomic mass is 9.96. The number of aromatic amines is 1. The second-order valence-electron chi connectivity index (χ2n) is 8.74. The SMILES string of the molecule is O=C(N/N=C/C1=C(N2CCOCC2)C(=C\c2ccc(Cl)cc2Cl)/CC1)c1n[nH]c2c1CCCC2. The van der Waals surface area contributed by atoms with Gasteiger partial charge in [-0.25, -0.2) is 5.43 Å². The topological polar surface area (TPSA) is 82.6 Å². The van der Waals surface area contributed by atoms with Crippen LogP contribution in [0.25, 0.3) is 6.08 Å². The minimum Gasteiger partial charge on any atom is -0.378 e. The van der Waals surface area contributed by atoms with Crippen LogP contribution >= 0.6 is 23.2 Å².